The van der Waals surface area contributed by atoms with E-state index in [-0.39, 0.29) is 23.9 Å². The van der Waals surface area contributed by atoms with Gasteiger partial charge in [-0.1, -0.05) is 30.3 Å². The van der Waals surface area contributed by atoms with Crippen molar-refractivity contribution in [3.63, 3.8) is 0 Å². The van der Waals surface area contributed by atoms with Crippen molar-refractivity contribution >= 4 is 28.6 Å². The molecule has 164 valence electrons. The Morgan fingerprint density at radius 3 is 2.52 bits per heavy atom. The molecule has 1 heterocycles. The SMILES string of the molecule is COc1ccc2[nH]cc(CC(=O)N(Cl)C3CCC(c4ccccc4)(N(C)C)CC3)c2c1. The highest BCUT2D eigenvalue weighted by molar-refractivity contribution is 6.21. The highest BCUT2D eigenvalue weighted by atomic mass is 35.5. The summed E-state index contributed by atoms with van der Waals surface area (Å²) in [6, 6.07) is 16.5. The number of aromatic nitrogens is 1. The van der Waals surface area contributed by atoms with Crippen LogP contribution in [-0.4, -0.2) is 47.5 Å². The Labute approximate surface area is 189 Å². The fraction of sp³-hybridized carbons (Fsp3) is 0.400. The van der Waals surface area contributed by atoms with E-state index in [1.807, 2.05) is 24.4 Å². The predicted molar refractivity (Wildman–Crippen MR) is 125 cm³/mol. The van der Waals surface area contributed by atoms with Crippen LogP contribution in [0.2, 0.25) is 0 Å². The minimum absolute atomic E-state index is 0.00801. The number of benzene rings is 2. The zero-order chi connectivity index (χ0) is 22.0. The Morgan fingerprint density at radius 1 is 1.16 bits per heavy atom. The number of hydrogen-bond donors (Lipinski definition) is 1. The van der Waals surface area contributed by atoms with Crippen molar-refractivity contribution in [1.82, 2.24) is 14.3 Å². The van der Waals surface area contributed by atoms with E-state index in [0.29, 0.717) is 0 Å². The molecule has 1 aromatic heterocycles. The Hall–Kier alpha value is -2.50. The van der Waals surface area contributed by atoms with Gasteiger partial charge in [0.05, 0.1) is 13.5 Å². The maximum Gasteiger partial charge on any atom is 0.241 e. The largest absolute Gasteiger partial charge is 0.497 e. The number of fused-ring (bicyclic) bond motifs is 1. The molecule has 0 saturated heterocycles. The second-order valence-electron chi connectivity index (χ2n) is 8.63. The molecule has 0 radical (unpaired) electrons. The first-order chi connectivity index (χ1) is 14.9. The highest BCUT2D eigenvalue weighted by Crippen LogP contribution is 2.42. The van der Waals surface area contributed by atoms with Crippen LogP contribution in [0.1, 0.15) is 36.8 Å². The monoisotopic (exact) mass is 439 g/mol. The summed E-state index contributed by atoms with van der Waals surface area (Å²) >= 11 is 6.59. The molecule has 1 saturated carbocycles. The van der Waals surface area contributed by atoms with Crippen molar-refractivity contribution < 1.29 is 9.53 Å². The summed E-state index contributed by atoms with van der Waals surface area (Å²) in [5, 5.41) is 0.997. The molecular weight excluding hydrogens is 410 g/mol. The van der Waals surface area contributed by atoms with Crippen molar-refractivity contribution in [2.24, 2.45) is 0 Å². The molecule has 0 spiro atoms. The number of nitrogens with zero attached hydrogens (tertiary/aromatic N) is 2. The van der Waals surface area contributed by atoms with Crippen LogP contribution >= 0.6 is 11.8 Å². The quantitative estimate of drug-likeness (QED) is 0.543. The summed E-state index contributed by atoms with van der Waals surface area (Å²) in [6.07, 6.45) is 5.85. The molecule has 3 aromatic rings. The zero-order valence-corrected chi connectivity index (χ0v) is 19.2. The molecule has 1 amide bonds. The number of H-pyrrole nitrogens is 1. The molecule has 0 bridgehead atoms. The van der Waals surface area contributed by atoms with Crippen LogP contribution in [-0.2, 0) is 16.8 Å². The van der Waals surface area contributed by atoms with Crippen LogP contribution in [0.4, 0.5) is 0 Å². The number of methoxy groups -OCH3 is 1. The Morgan fingerprint density at radius 2 is 1.87 bits per heavy atom. The van der Waals surface area contributed by atoms with Crippen LogP contribution in [0.15, 0.2) is 54.7 Å². The van der Waals surface area contributed by atoms with E-state index in [1.165, 1.54) is 9.98 Å². The van der Waals surface area contributed by atoms with Crippen LogP contribution in [0, 0.1) is 0 Å². The number of carbonyl (C=O) groups is 1. The van der Waals surface area contributed by atoms with Crippen LogP contribution < -0.4 is 4.74 Å². The Kier molecular flexibility index (Phi) is 6.26. The summed E-state index contributed by atoms with van der Waals surface area (Å²) in [7, 11) is 5.93. The van der Waals surface area contributed by atoms with Gasteiger partial charge in [0.15, 0.2) is 0 Å². The van der Waals surface area contributed by atoms with E-state index >= 15 is 0 Å². The summed E-state index contributed by atoms with van der Waals surface area (Å²) in [4.78, 5) is 18.6. The number of aromatic amines is 1. The first-order valence-electron chi connectivity index (χ1n) is 10.8. The standard InChI is InChI=1S/C25H30ClN3O2/c1-28(2)25(19-7-5-4-6-8-19)13-11-20(12-14-25)29(26)24(30)15-18-17-27-23-10-9-21(31-3)16-22(18)23/h4-10,16-17,20,27H,11-15H2,1-3H3. The fourth-order valence-electron chi connectivity index (χ4n) is 4.92. The molecule has 5 nitrogen and oxygen atoms in total. The van der Waals surface area contributed by atoms with Crippen molar-refractivity contribution in [3.05, 3.63) is 65.9 Å². The first kappa shape index (κ1) is 21.7. The summed E-state index contributed by atoms with van der Waals surface area (Å²) in [5.41, 5.74) is 3.25. The van der Waals surface area contributed by atoms with Crippen LogP contribution in [0.3, 0.4) is 0 Å². The molecule has 1 N–H and O–H groups in total. The van der Waals surface area contributed by atoms with E-state index in [0.717, 1.165) is 47.9 Å². The molecule has 0 unspecified atom stereocenters. The lowest BCUT2D eigenvalue weighted by Gasteiger charge is -2.46. The molecule has 1 aliphatic rings. The normalized spacial score (nSPS) is 21.4. The van der Waals surface area contributed by atoms with E-state index in [2.05, 4.69) is 54.3 Å². The van der Waals surface area contributed by atoms with Gasteiger partial charge in [0.1, 0.15) is 5.75 Å². The van der Waals surface area contributed by atoms with Crippen LogP contribution in [0.5, 0.6) is 5.75 Å². The van der Waals surface area contributed by atoms with Gasteiger partial charge in [-0.05, 0) is 69.1 Å². The van der Waals surface area contributed by atoms with Gasteiger partial charge in [0, 0.05) is 40.5 Å². The fourth-order valence-corrected chi connectivity index (χ4v) is 5.18. The average molecular weight is 440 g/mol. The number of nitrogens with one attached hydrogen (secondary N) is 1. The lowest BCUT2D eigenvalue weighted by molar-refractivity contribution is -0.128. The van der Waals surface area contributed by atoms with Crippen molar-refractivity contribution in [2.75, 3.05) is 21.2 Å². The lowest BCUT2D eigenvalue weighted by Crippen LogP contribution is -2.48. The number of amides is 1. The van der Waals surface area contributed by atoms with Crippen molar-refractivity contribution in [2.45, 2.75) is 43.7 Å². The molecule has 2 aromatic carbocycles. The number of ether oxygens (including phenoxy) is 1. The topological polar surface area (TPSA) is 48.6 Å². The molecule has 1 aliphatic carbocycles. The molecule has 1 fully saturated rings. The molecule has 31 heavy (non-hydrogen) atoms. The lowest BCUT2D eigenvalue weighted by atomic mass is 9.74. The number of halogens is 1. The third-order valence-electron chi connectivity index (χ3n) is 6.82. The van der Waals surface area contributed by atoms with Gasteiger partial charge in [0.25, 0.3) is 0 Å². The smallest absolute Gasteiger partial charge is 0.241 e. The van der Waals surface area contributed by atoms with Crippen molar-refractivity contribution in [1.29, 1.82) is 0 Å². The molecule has 0 aliphatic heterocycles. The summed E-state index contributed by atoms with van der Waals surface area (Å²) in [5.74, 6) is 0.712. The molecule has 0 atom stereocenters. The van der Waals surface area contributed by atoms with E-state index in [4.69, 9.17) is 16.5 Å². The van der Waals surface area contributed by atoms with Gasteiger partial charge < -0.3 is 9.72 Å². The number of hydrogen-bond acceptors (Lipinski definition) is 3. The molecular formula is C25H30ClN3O2. The predicted octanol–water partition coefficient (Wildman–Crippen LogP) is 5.10. The summed E-state index contributed by atoms with van der Waals surface area (Å²) < 4.78 is 6.78. The van der Waals surface area contributed by atoms with Crippen LogP contribution in [0.25, 0.3) is 10.9 Å². The molecule has 4 rings (SSSR count). The second-order valence-corrected chi connectivity index (χ2v) is 8.99. The minimum atomic E-state index is -0.0625. The van der Waals surface area contributed by atoms with Gasteiger partial charge >= 0.3 is 0 Å². The van der Waals surface area contributed by atoms with E-state index in [1.54, 1.807) is 7.11 Å². The van der Waals surface area contributed by atoms with E-state index in [9.17, 15) is 4.79 Å². The van der Waals surface area contributed by atoms with Gasteiger partial charge in [-0.15, -0.1) is 0 Å². The zero-order valence-electron chi connectivity index (χ0n) is 18.4. The minimum Gasteiger partial charge on any atom is -0.497 e. The number of rotatable bonds is 6. The third kappa shape index (κ3) is 4.17. The second kappa shape index (κ2) is 8.93. The Bertz CT molecular complexity index is 1040. The van der Waals surface area contributed by atoms with Crippen molar-refractivity contribution in [3.8, 4) is 5.75 Å². The number of carbonyl (C=O) groups excluding carboxylic acids is 1. The first-order valence-corrected chi connectivity index (χ1v) is 11.1. The maximum absolute atomic E-state index is 13.0. The van der Waals surface area contributed by atoms with Gasteiger partial charge in [-0.2, -0.15) is 0 Å². The van der Waals surface area contributed by atoms with Gasteiger partial charge in [0.2, 0.25) is 5.91 Å². The van der Waals surface area contributed by atoms with Gasteiger partial charge in [-0.25, -0.2) is 0 Å². The maximum atomic E-state index is 13.0. The highest BCUT2D eigenvalue weighted by Gasteiger charge is 2.40. The molecule has 6 heteroatoms. The van der Waals surface area contributed by atoms with Gasteiger partial charge in [-0.3, -0.25) is 14.1 Å². The van der Waals surface area contributed by atoms with E-state index < -0.39 is 0 Å². The third-order valence-corrected chi connectivity index (χ3v) is 7.29. The Balaban J connectivity index is 1.45. The average Bonchev–Trinajstić information content (AvgIpc) is 3.20. The summed E-state index contributed by atoms with van der Waals surface area (Å²) in [6.45, 7) is 0.